The van der Waals surface area contributed by atoms with Crippen molar-refractivity contribution >= 4 is 55.9 Å². The van der Waals surface area contributed by atoms with E-state index in [-0.39, 0.29) is 24.1 Å². The number of carbonyl (C=O) groups is 2. The Morgan fingerprint density at radius 3 is 1.66 bits per heavy atom. The number of fused-ring (bicyclic) bond motifs is 2. The molecule has 1 aliphatic heterocycles. The van der Waals surface area contributed by atoms with Gasteiger partial charge in [-0.3, -0.25) is 19.1 Å². The lowest BCUT2D eigenvalue weighted by Crippen LogP contribution is -2.47. The van der Waals surface area contributed by atoms with Gasteiger partial charge in [0.2, 0.25) is 10.9 Å². The van der Waals surface area contributed by atoms with Crippen LogP contribution in [0.3, 0.4) is 0 Å². The van der Waals surface area contributed by atoms with E-state index in [9.17, 15) is 47.0 Å². The molecule has 4 N–H and O–H groups in total. The molecule has 1 saturated carbocycles. The van der Waals surface area contributed by atoms with Crippen molar-refractivity contribution in [1.29, 1.82) is 0 Å². The van der Waals surface area contributed by atoms with Crippen molar-refractivity contribution in [1.82, 2.24) is 39.3 Å². The molecule has 0 saturated heterocycles. The number of hydrogen-bond acceptors (Lipinski definition) is 10. The van der Waals surface area contributed by atoms with Gasteiger partial charge in [-0.1, -0.05) is 18.9 Å². The van der Waals surface area contributed by atoms with Crippen molar-refractivity contribution in [2.75, 3.05) is 14.1 Å². The van der Waals surface area contributed by atoms with E-state index in [1.807, 2.05) is 12.3 Å². The van der Waals surface area contributed by atoms with Gasteiger partial charge in [0, 0.05) is 81.2 Å². The molecule has 0 spiro atoms. The summed E-state index contributed by atoms with van der Waals surface area (Å²) in [5, 5.41) is 24.0. The van der Waals surface area contributed by atoms with Gasteiger partial charge in [-0.05, 0) is 103 Å². The van der Waals surface area contributed by atoms with Gasteiger partial charge in [0.1, 0.15) is 51.1 Å². The van der Waals surface area contributed by atoms with E-state index >= 15 is 0 Å². The first-order valence-electron chi connectivity index (χ1n) is 20.8. The maximum atomic E-state index is 14.4. The van der Waals surface area contributed by atoms with E-state index < -0.39 is 68.0 Å². The molecule has 2 aromatic carbocycles. The minimum absolute atomic E-state index is 0.00164. The number of nitrogens with one attached hydrogen (secondary N) is 2. The lowest BCUT2D eigenvalue weighted by atomic mass is 9.91. The minimum Gasteiger partial charge on any atom is -0.477 e. The number of pyridine rings is 4. The first-order chi connectivity index (χ1) is 32.2. The van der Waals surface area contributed by atoms with Crippen LogP contribution in [0.4, 0.5) is 17.6 Å². The molecule has 2 aliphatic rings. The van der Waals surface area contributed by atoms with Crippen molar-refractivity contribution in [3.63, 3.8) is 0 Å². The Kier molecular flexibility index (Phi) is 16.8. The van der Waals surface area contributed by atoms with Crippen LogP contribution < -0.4 is 21.5 Å². The average Bonchev–Trinajstić information content (AvgIpc) is 4.10. The van der Waals surface area contributed by atoms with E-state index in [0.29, 0.717) is 33.6 Å². The summed E-state index contributed by atoms with van der Waals surface area (Å²) < 4.78 is 61.6. The summed E-state index contributed by atoms with van der Waals surface area (Å²) in [5.41, 5.74) is -2.65. The van der Waals surface area contributed by atoms with Crippen molar-refractivity contribution < 1.29 is 37.4 Å². The predicted octanol–water partition coefficient (Wildman–Crippen LogP) is 7.50. The van der Waals surface area contributed by atoms with Crippen LogP contribution in [0.15, 0.2) is 123 Å². The van der Waals surface area contributed by atoms with Crippen molar-refractivity contribution in [2.24, 2.45) is 4.99 Å². The van der Waals surface area contributed by atoms with Gasteiger partial charge in [0.05, 0.1) is 21.8 Å². The number of allylic oxidation sites excluding steroid dienone is 1. The van der Waals surface area contributed by atoms with Gasteiger partial charge in [0.15, 0.2) is 0 Å². The molecule has 2 atom stereocenters. The number of halogens is 5. The molecule has 6 heterocycles. The summed E-state index contributed by atoms with van der Waals surface area (Å²) in [7, 11) is 4.11. The van der Waals surface area contributed by atoms with Crippen LogP contribution in [0.2, 0.25) is 0 Å². The average molecular weight is 987 g/mol. The summed E-state index contributed by atoms with van der Waals surface area (Å²) in [6, 6.07) is 11.5. The summed E-state index contributed by atoms with van der Waals surface area (Å²) >= 11 is 3.20. The summed E-state index contributed by atoms with van der Waals surface area (Å²) in [6.07, 6.45) is 22.1. The molecule has 9 rings (SSSR count). The van der Waals surface area contributed by atoms with Gasteiger partial charge in [-0.25, -0.2) is 42.1 Å². The lowest BCUT2D eigenvalue weighted by Gasteiger charge is -2.30. The highest BCUT2D eigenvalue weighted by Gasteiger charge is 2.23. The van der Waals surface area contributed by atoms with E-state index in [0.717, 1.165) is 43.1 Å². The van der Waals surface area contributed by atoms with Crippen LogP contribution >= 0.6 is 15.9 Å². The number of carboxylic acids is 2. The number of hydrogen-bond donors (Lipinski definition) is 4. The SMILES string of the molecule is C1=CN=CC1.CN[C@@H]1CCCC[C@H]1NC.O=C(O)c1cn(Cc2ccnc(-n3ccnc3)c2)c2c(F)ccc(F)c2c1=O.O=C(O)c1cn(Cc2ccnc(Br)c2)c2c(F)ccc(F)c2c1=O. The van der Waals surface area contributed by atoms with Gasteiger partial charge < -0.3 is 30.0 Å². The van der Waals surface area contributed by atoms with Gasteiger partial charge in [-0.2, -0.15) is 0 Å². The zero-order chi connectivity index (χ0) is 48.2. The van der Waals surface area contributed by atoms with Crippen LogP contribution in [0, 0.1) is 23.3 Å². The maximum Gasteiger partial charge on any atom is 0.341 e. The number of aliphatic imine (C=N–C) groups is 1. The molecular formula is C47H44BrF4N9O6. The molecule has 0 unspecified atom stereocenters. The van der Waals surface area contributed by atoms with Gasteiger partial charge in [-0.15, -0.1) is 0 Å². The molecule has 348 valence electrons. The van der Waals surface area contributed by atoms with E-state index in [1.54, 1.807) is 53.8 Å². The summed E-state index contributed by atoms with van der Waals surface area (Å²) in [5.74, 6) is -6.06. The molecule has 1 aliphatic carbocycles. The van der Waals surface area contributed by atoms with Crippen LogP contribution in [0.1, 0.15) is 63.9 Å². The Bertz CT molecular complexity index is 3070. The molecule has 5 aromatic heterocycles. The van der Waals surface area contributed by atoms with Crippen molar-refractivity contribution in [3.8, 4) is 5.82 Å². The van der Waals surface area contributed by atoms with Crippen molar-refractivity contribution in [3.05, 3.63) is 175 Å². The molecule has 20 heteroatoms. The third-order valence-corrected chi connectivity index (χ3v) is 11.3. The topological polar surface area (TPSA) is 199 Å². The van der Waals surface area contributed by atoms with Crippen LogP contribution in [-0.2, 0) is 13.1 Å². The number of carboxylic acid groups (broad SMARTS) is 2. The highest BCUT2D eigenvalue weighted by Crippen LogP contribution is 2.23. The number of imidazole rings is 1. The number of aromatic carboxylic acids is 2. The zero-order valence-electron chi connectivity index (χ0n) is 36.0. The minimum atomic E-state index is -1.52. The Morgan fingerprint density at radius 2 is 1.24 bits per heavy atom. The molecule has 0 amide bonds. The van der Waals surface area contributed by atoms with E-state index in [1.165, 1.54) is 47.2 Å². The lowest BCUT2D eigenvalue weighted by molar-refractivity contribution is 0.0684. The standard InChI is InChI=1S/C19H12F2N4O3.C16H9BrF2N2O3.C8H18N2.C4H5N/c20-13-1-2-14(21)17-16(13)18(26)12(19(27)28)9-25(17)8-11-3-4-23-15(7-11)24-6-5-22-10-24;17-12-5-8(3-4-20-12)6-21-7-9(16(23)24)15(22)13-10(18)1-2-11(19)14(13)21;1-9-7-5-3-4-6-8(7)10-2;1-2-4-5-3-1/h1-7,9-10H,8H2,(H,27,28);1-5,7H,6H2,(H,23,24);7-10H,3-6H2,1-2H3;1,3-4H,2H2/t;;7-,8-;/m..1./s1. The summed E-state index contributed by atoms with van der Waals surface area (Å²) in [4.78, 5) is 63.1. The number of rotatable bonds is 9. The monoisotopic (exact) mass is 985 g/mol. The Morgan fingerprint density at radius 1 is 0.731 bits per heavy atom. The first kappa shape index (κ1) is 49.3. The highest BCUT2D eigenvalue weighted by atomic mass is 79.9. The predicted molar refractivity (Wildman–Crippen MR) is 248 cm³/mol. The first-order valence-corrected chi connectivity index (χ1v) is 21.5. The maximum absolute atomic E-state index is 14.4. The molecular weight excluding hydrogens is 942 g/mol. The van der Waals surface area contributed by atoms with Crippen LogP contribution in [0.5, 0.6) is 0 Å². The second kappa shape index (κ2) is 22.8. The van der Waals surface area contributed by atoms with Crippen molar-refractivity contribution in [2.45, 2.75) is 57.3 Å². The smallest absolute Gasteiger partial charge is 0.341 e. The fourth-order valence-electron chi connectivity index (χ4n) is 7.61. The van der Waals surface area contributed by atoms with Gasteiger partial charge in [0.25, 0.3) is 0 Å². The Balaban J connectivity index is 0.000000170. The van der Waals surface area contributed by atoms with E-state index in [2.05, 4.69) is 60.6 Å². The number of likely N-dealkylation sites (N-methyl/N-ethyl adjacent to an activating group) is 2. The molecule has 1 fully saturated rings. The quantitative estimate of drug-likeness (QED) is 0.0825. The largest absolute Gasteiger partial charge is 0.477 e. The fraction of sp³-hybridized carbons (Fsp3) is 0.234. The molecule has 0 radical (unpaired) electrons. The molecule has 7 aromatic rings. The van der Waals surface area contributed by atoms with Gasteiger partial charge >= 0.3 is 11.9 Å². The summed E-state index contributed by atoms with van der Waals surface area (Å²) in [6.45, 7) is 0.0419. The van der Waals surface area contributed by atoms with Crippen LogP contribution in [-0.4, -0.2) is 83.2 Å². The molecule has 0 bridgehead atoms. The molecule has 15 nitrogen and oxygen atoms in total. The zero-order valence-corrected chi connectivity index (χ0v) is 37.6. The molecule has 67 heavy (non-hydrogen) atoms. The number of benzene rings is 2. The van der Waals surface area contributed by atoms with E-state index in [4.69, 9.17) is 0 Å². The third kappa shape index (κ3) is 12.0. The second-order valence-corrected chi connectivity index (χ2v) is 15.9. The highest BCUT2D eigenvalue weighted by molar-refractivity contribution is 9.10. The number of aromatic nitrogens is 6. The fourth-order valence-corrected chi connectivity index (χ4v) is 8.02. The van der Waals surface area contributed by atoms with Crippen LogP contribution in [0.25, 0.3) is 27.6 Å². The normalized spacial score (nSPS) is 15.0. The Labute approximate surface area is 388 Å². The number of nitrogens with zero attached hydrogens (tertiary/aromatic N) is 7. The third-order valence-electron chi connectivity index (χ3n) is 10.8. The second-order valence-electron chi connectivity index (χ2n) is 15.1. The Hall–Kier alpha value is -7.16.